The van der Waals surface area contributed by atoms with Gasteiger partial charge in [-0.2, -0.15) is 0 Å². The van der Waals surface area contributed by atoms with Crippen molar-refractivity contribution in [1.82, 2.24) is 9.97 Å². The Morgan fingerprint density at radius 2 is 1.03 bits per heavy atom. The molecule has 0 bridgehead atoms. The van der Waals surface area contributed by atoms with Gasteiger partial charge in [0.15, 0.2) is 0 Å². The molecule has 0 saturated heterocycles. The fraction of sp³-hybridized carbons (Fsp3) is 0.0769. The highest BCUT2D eigenvalue weighted by Gasteiger charge is 2.28. The van der Waals surface area contributed by atoms with Crippen molar-refractivity contribution in [3.05, 3.63) is 84.2 Å². The van der Waals surface area contributed by atoms with Gasteiger partial charge in [0.05, 0.1) is 11.4 Å². The van der Waals surface area contributed by atoms with Gasteiger partial charge in [-0.25, -0.2) is 17.3 Å². The summed E-state index contributed by atoms with van der Waals surface area (Å²) in [5.74, 6) is -0.0693. The number of rotatable bonds is 6. The molecule has 10 heteroatoms. The molecule has 4 nitrogen and oxygen atoms in total. The second-order valence-corrected chi connectivity index (χ2v) is 8.24. The first kappa shape index (κ1) is 23.7. The molecule has 0 unspecified atom stereocenters. The van der Waals surface area contributed by atoms with Crippen LogP contribution >= 0.6 is 0 Å². The van der Waals surface area contributed by atoms with E-state index in [1.807, 2.05) is 12.1 Å². The summed E-state index contributed by atoms with van der Waals surface area (Å²) in [7, 11) is -6.15. The van der Waals surface area contributed by atoms with Crippen molar-refractivity contribution in [2.45, 2.75) is 13.8 Å². The number of fused-ring (bicyclic) bond motifs is 3. The van der Waals surface area contributed by atoms with Crippen LogP contribution in [-0.2, 0) is 0 Å². The van der Waals surface area contributed by atoms with Crippen molar-refractivity contribution >= 4 is 36.5 Å². The van der Waals surface area contributed by atoms with Crippen LogP contribution in [0.2, 0.25) is 0 Å². The summed E-state index contributed by atoms with van der Waals surface area (Å²) >= 11 is 0. The molecule has 2 heterocycles. The van der Waals surface area contributed by atoms with E-state index in [0.29, 0.717) is 55.2 Å². The van der Waals surface area contributed by atoms with Crippen LogP contribution in [0, 0.1) is 13.8 Å². The minimum Gasteiger partial charge on any atom is -0.504 e. The normalized spacial score (nSPS) is 11.1. The average molecular weight is 488 g/mol. The molecule has 0 amide bonds. The molecule has 2 aromatic heterocycles. The lowest BCUT2D eigenvalue weighted by Gasteiger charge is -2.21. The Balaban J connectivity index is 2.05. The Hall–Kier alpha value is -4.07. The number of aromatic nitrogens is 2. The molecule has 178 valence electrons. The van der Waals surface area contributed by atoms with Gasteiger partial charge in [0.25, 0.3) is 0 Å². The standard InChI is InChI=1S/C26H18B2F4N2O2/c1-15-13-17-9-10-18-14-16(2)26(36-28(31)32)24(20-8-4-6-12-34-20)22(18)21(17)23(25(15)35-27(29)30)19-7-3-5-11-33-19/h3-14H,1-2H3. The van der Waals surface area contributed by atoms with Crippen molar-refractivity contribution in [2.24, 2.45) is 0 Å². The number of pyridine rings is 2. The van der Waals surface area contributed by atoms with Crippen LogP contribution in [0.4, 0.5) is 17.3 Å². The van der Waals surface area contributed by atoms with Gasteiger partial charge >= 0.3 is 14.9 Å². The Morgan fingerprint density at radius 1 is 0.611 bits per heavy atom. The summed E-state index contributed by atoms with van der Waals surface area (Å²) in [6.07, 6.45) is 3.10. The lowest BCUT2D eigenvalue weighted by molar-refractivity contribution is 0.424. The van der Waals surface area contributed by atoms with E-state index in [1.165, 1.54) is 0 Å². The van der Waals surface area contributed by atoms with Crippen LogP contribution in [0.15, 0.2) is 73.1 Å². The molecule has 0 radical (unpaired) electrons. The van der Waals surface area contributed by atoms with Crippen LogP contribution in [-0.4, -0.2) is 24.9 Å². The van der Waals surface area contributed by atoms with Gasteiger partial charge in [-0.1, -0.05) is 24.3 Å². The van der Waals surface area contributed by atoms with Crippen LogP contribution < -0.4 is 9.31 Å². The summed E-state index contributed by atoms with van der Waals surface area (Å²) in [5, 5.41) is 2.44. The first-order chi connectivity index (χ1) is 17.3. The van der Waals surface area contributed by atoms with E-state index in [0.717, 1.165) is 0 Å². The zero-order valence-electron chi connectivity index (χ0n) is 19.3. The molecule has 0 spiro atoms. The van der Waals surface area contributed by atoms with E-state index in [1.54, 1.807) is 74.8 Å². The SMILES string of the molecule is Cc1cc2ccc3cc(C)c(OB(F)F)c(-c4ccccn4)c3c2c(-c2ccccn2)c1OB(F)F. The molecule has 36 heavy (non-hydrogen) atoms. The first-order valence-corrected chi connectivity index (χ1v) is 11.1. The van der Waals surface area contributed by atoms with Gasteiger partial charge in [-0.15, -0.1) is 0 Å². The molecule has 0 aliphatic heterocycles. The van der Waals surface area contributed by atoms with Crippen LogP contribution in [0.3, 0.4) is 0 Å². The molecule has 0 atom stereocenters. The lowest BCUT2D eigenvalue weighted by atomic mass is 9.88. The third kappa shape index (κ3) is 4.23. The number of aryl methyl sites for hydroxylation is 2. The number of benzene rings is 3. The van der Waals surface area contributed by atoms with E-state index in [4.69, 9.17) is 9.31 Å². The minimum absolute atomic E-state index is 0.0347. The number of hydrogen-bond acceptors (Lipinski definition) is 4. The summed E-state index contributed by atoms with van der Waals surface area (Å²) in [5.41, 5.74) is 2.44. The fourth-order valence-corrected chi connectivity index (χ4v) is 4.63. The van der Waals surface area contributed by atoms with Crippen LogP contribution in [0.5, 0.6) is 11.5 Å². The number of hydrogen-bond donors (Lipinski definition) is 0. The second kappa shape index (κ2) is 9.53. The maximum atomic E-state index is 13.6. The van der Waals surface area contributed by atoms with Crippen LogP contribution in [0.25, 0.3) is 44.1 Å². The van der Waals surface area contributed by atoms with Gasteiger partial charge < -0.3 is 9.31 Å². The van der Waals surface area contributed by atoms with Gasteiger partial charge in [-0.3, -0.25) is 9.97 Å². The van der Waals surface area contributed by atoms with E-state index in [2.05, 4.69) is 9.97 Å². The maximum Gasteiger partial charge on any atom is 0.796 e. The third-order valence-corrected chi connectivity index (χ3v) is 5.94. The Kier molecular flexibility index (Phi) is 6.26. The van der Waals surface area contributed by atoms with E-state index in [9.17, 15) is 17.3 Å². The predicted octanol–water partition coefficient (Wildman–Crippen LogP) is 7.34. The fourth-order valence-electron chi connectivity index (χ4n) is 4.63. The molecule has 0 aliphatic rings. The van der Waals surface area contributed by atoms with Gasteiger partial charge in [0, 0.05) is 34.3 Å². The molecule has 0 saturated carbocycles. The smallest absolute Gasteiger partial charge is 0.504 e. The van der Waals surface area contributed by atoms with Crippen molar-refractivity contribution in [2.75, 3.05) is 0 Å². The largest absolute Gasteiger partial charge is 0.796 e. The molecule has 0 N–H and O–H groups in total. The molecule has 3 aromatic carbocycles. The van der Waals surface area contributed by atoms with Gasteiger partial charge in [-0.05, 0) is 72.1 Å². The first-order valence-electron chi connectivity index (χ1n) is 11.1. The zero-order chi connectivity index (χ0) is 25.4. The maximum absolute atomic E-state index is 13.6. The van der Waals surface area contributed by atoms with E-state index >= 15 is 0 Å². The molecular weight excluding hydrogens is 470 g/mol. The molecule has 5 rings (SSSR count). The number of halogens is 4. The summed E-state index contributed by atoms with van der Waals surface area (Å²) in [6, 6.07) is 17.5. The van der Waals surface area contributed by atoms with Gasteiger partial charge in [0.1, 0.15) is 11.5 Å². The molecule has 0 aliphatic carbocycles. The van der Waals surface area contributed by atoms with Crippen molar-refractivity contribution in [3.63, 3.8) is 0 Å². The topological polar surface area (TPSA) is 44.2 Å². The third-order valence-electron chi connectivity index (χ3n) is 5.94. The van der Waals surface area contributed by atoms with E-state index < -0.39 is 14.9 Å². The predicted molar refractivity (Wildman–Crippen MR) is 135 cm³/mol. The van der Waals surface area contributed by atoms with Crippen molar-refractivity contribution in [1.29, 1.82) is 0 Å². The summed E-state index contributed by atoms with van der Waals surface area (Å²) in [6.45, 7) is 3.35. The molecular formula is C26H18B2F4N2O2. The highest BCUT2D eigenvalue weighted by molar-refractivity contribution is 6.36. The molecule has 0 fully saturated rings. The van der Waals surface area contributed by atoms with Crippen molar-refractivity contribution < 1.29 is 26.6 Å². The highest BCUT2D eigenvalue weighted by Crippen LogP contribution is 2.48. The Morgan fingerprint density at radius 3 is 1.36 bits per heavy atom. The van der Waals surface area contributed by atoms with Crippen molar-refractivity contribution in [3.8, 4) is 34.0 Å². The van der Waals surface area contributed by atoms with Gasteiger partial charge in [0.2, 0.25) is 0 Å². The number of nitrogens with zero attached hydrogens (tertiary/aromatic N) is 2. The summed E-state index contributed by atoms with van der Waals surface area (Å²) in [4.78, 5) is 8.83. The van der Waals surface area contributed by atoms with Crippen LogP contribution in [0.1, 0.15) is 11.1 Å². The second-order valence-electron chi connectivity index (χ2n) is 8.24. The zero-order valence-corrected chi connectivity index (χ0v) is 19.3. The Bertz CT molecular complexity index is 1450. The Labute approximate surface area is 205 Å². The average Bonchev–Trinajstić information content (AvgIpc) is 2.85. The summed E-state index contributed by atoms with van der Waals surface area (Å²) < 4.78 is 64.3. The molecule has 5 aromatic rings. The quantitative estimate of drug-likeness (QED) is 0.143. The monoisotopic (exact) mass is 488 g/mol. The highest BCUT2D eigenvalue weighted by atomic mass is 19.2. The minimum atomic E-state index is -3.08. The van der Waals surface area contributed by atoms with E-state index in [-0.39, 0.29) is 11.5 Å². The lowest BCUT2D eigenvalue weighted by Crippen LogP contribution is -2.12.